The number of rotatable bonds is 3. The largest absolute Gasteiger partial charge is 0.405 e. The molecule has 2 atom stereocenters. The minimum absolute atomic E-state index is 0.0204. The van der Waals surface area contributed by atoms with E-state index in [1.807, 2.05) is 12.2 Å². The molecule has 0 aromatic heterocycles. The van der Waals surface area contributed by atoms with Crippen LogP contribution in [0, 0.1) is 11.8 Å². The molecule has 1 rings (SSSR count). The van der Waals surface area contributed by atoms with Gasteiger partial charge in [-0.1, -0.05) is 13.3 Å². The zero-order valence-electron chi connectivity index (χ0n) is 10.4. The second-order valence-electron chi connectivity index (χ2n) is 4.56. The highest BCUT2D eigenvalue weighted by atomic mass is 19.4. The second-order valence-corrected chi connectivity index (χ2v) is 4.56. The van der Waals surface area contributed by atoms with Gasteiger partial charge in [-0.2, -0.15) is 13.2 Å². The van der Waals surface area contributed by atoms with Crippen LogP contribution in [0.3, 0.4) is 0 Å². The SMILES string of the molecule is CC[C@@H]1CN(C(=O)NCC(F)(F)F)CC1C(C)=O. The van der Waals surface area contributed by atoms with Gasteiger partial charge in [0.15, 0.2) is 0 Å². The molecule has 104 valence electrons. The highest BCUT2D eigenvalue weighted by Crippen LogP contribution is 2.26. The van der Waals surface area contributed by atoms with E-state index in [-0.39, 0.29) is 24.2 Å². The first-order chi connectivity index (χ1) is 8.24. The number of carbonyl (C=O) groups is 2. The maximum Gasteiger partial charge on any atom is 0.405 e. The number of ketones is 1. The van der Waals surface area contributed by atoms with Gasteiger partial charge in [0.05, 0.1) is 0 Å². The number of hydrogen-bond donors (Lipinski definition) is 1. The molecule has 1 aliphatic heterocycles. The molecule has 1 fully saturated rings. The van der Waals surface area contributed by atoms with E-state index in [1.54, 1.807) is 0 Å². The van der Waals surface area contributed by atoms with Gasteiger partial charge in [0.2, 0.25) is 0 Å². The van der Waals surface area contributed by atoms with Crippen molar-refractivity contribution in [2.45, 2.75) is 26.4 Å². The van der Waals surface area contributed by atoms with E-state index >= 15 is 0 Å². The summed E-state index contributed by atoms with van der Waals surface area (Å²) >= 11 is 0. The summed E-state index contributed by atoms with van der Waals surface area (Å²) in [6, 6.07) is -0.755. The average molecular weight is 266 g/mol. The summed E-state index contributed by atoms with van der Waals surface area (Å²) < 4.78 is 35.9. The van der Waals surface area contributed by atoms with Crippen molar-refractivity contribution in [2.24, 2.45) is 11.8 Å². The summed E-state index contributed by atoms with van der Waals surface area (Å²) in [5.74, 6) is -0.237. The van der Waals surface area contributed by atoms with Gasteiger partial charge in [-0.15, -0.1) is 0 Å². The second kappa shape index (κ2) is 5.58. The van der Waals surface area contributed by atoms with Crippen molar-refractivity contribution < 1.29 is 22.8 Å². The van der Waals surface area contributed by atoms with Crippen LogP contribution >= 0.6 is 0 Å². The quantitative estimate of drug-likeness (QED) is 0.847. The number of alkyl halides is 3. The summed E-state index contributed by atoms with van der Waals surface area (Å²) in [6.07, 6.45) is -3.69. The number of nitrogens with zero attached hydrogens (tertiary/aromatic N) is 1. The van der Waals surface area contributed by atoms with Crippen molar-refractivity contribution in [3.63, 3.8) is 0 Å². The first kappa shape index (κ1) is 14.8. The third kappa shape index (κ3) is 3.89. The highest BCUT2D eigenvalue weighted by molar-refractivity contribution is 5.81. The molecule has 7 heteroatoms. The van der Waals surface area contributed by atoms with Gasteiger partial charge in [0, 0.05) is 19.0 Å². The Morgan fingerprint density at radius 2 is 1.94 bits per heavy atom. The zero-order valence-corrected chi connectivity index (χ0v) is 10.4. The summed E-state index contributed by atoms with van der Waals surface area (Å²) in [5.41, 5.74) is 0. The van der Waals surface area contributed by atoms with Crippen molar-refractivity contribution in [3.8, 4) is 0 Å². The van der Waals surface area contributed by atoms with E-state index in [2.05, 4.69) is 0 Å². The van der Waals surface area contributed by atoms with Gasteiger partial charge >= 0.3 is 12.2 Å². The molecule has 0 aromatic carbocycles. The standard InChI is InChI=1S/C11H17F3N2O2/c1-3-8-4-16(5-9(8)7(2)17)10(18)15-6-11(12,13)14/h8-9H,3-6H2,1-2H3,(H,15,18)/t8-,9?/m1/s1. The minimum atomic E-state index is -4.42. The Bertz CT molecular complexity index is 331. The topological polar surface area (TPSA) is 49.4 Å². The van der Waals surface area contributed by atoms with Crippen LogP contribution in [0.5, 0.6) is 0 Å². The Balaban J connectivity index is 2.54. The predicted octanol–water partition coefficient (Wildman–Crippen LogP) is 1.81. The molecular formula is C11H17F3N2O2. The van der Waals surface area contributed by atoms with E-state index in [9.17, 15) is 22.8 Å². The lowest BCUT2D eigenvalue weighted by atomic mass is 9.91. The average Bonchev–Trinajstić information content (AvgIpc) is 2.68. The lowest BCUT2D eigenvalue weighted by Gasteiger charge is -2.17. The van der Waals surface area contributed by atoms with Crippen LogP contribution in [-0.2, 0) is 4.79 Å². The minimum Gasteiger partial charge on any atom is -0.329 e. The van der Waals surface area contributed by atoms with Crippen LogP contribution in [0.4, 0.5) is 18.0 Å². The first-order valence-corrected chi connectivity index (χ1v) is 5.84. The number of hydrogen-bond acceptors (Lipinski definition) is 2. The normalized spacial score (nSPS) is 24.2. The molecule has 0 radical (unpaired) electrons. The predicted molar refractivity (Wildman–Crippen MR) is 59.0 cm³/mol. The van der Waals surface area contributed by atoms with E-state index in [0.717, 1.165) is 6.42 Å². The molecule has 1 N–H and O–H groups in total. The molecule has 0 aliphatic carbocycles. The molecule has 0 aromatic rings. The third-order valence-corrected chi connectivity index (χ3v) is 3.21. The molecule has 0 saturated carbocycles. The number of carbonyl (C=O) groups excluding carboxylic acids is 2. The lowest BCUT2D eigenvalue weighted by molar-refractivity contribution is -0.123. The van der Waals surface area contributed by atoms with Crippen LogP contribution in [0.25, 0.3) is 0 Å². The Hall–Kier alpha value is -1.27. The van der Waals surface area contributed by atoms with E-state index in [0.29, 0.717) is 6.54 Å². The van der Waals surface area contributed by atoms with Crippen LogP contribution < -0.4 is 5.32 Å². The summed E-state index contributed by atoms with van der Waals surface area (Å²) in [6.45, 7) is 2.55. The zero-order chi connectivity index (χ0) is 13.9. The molecule has 0 bridgehead atoms. The molecule has 0 spiro atoms. The molecule has 1 aliphatic rings. The van der Waals surface area contributed by atoms with Crippen molar-refractivity contribution in [3.05, 3.63) is 0 Å². The Morgan fingerprint density at radius 3 is 2.33 bits per heavy atom. The van der Waals surface area contributed by atoms with Gasteiger partial charge in [0.25, 0.3) is 0 Å². The number of Topliss-reactive ketones (excluding diaryl/α,β-unsaturated/α-hetero) is 1. The van der Waals surface area contributed by atoms with Gasteiger partial charge in [-0.25, -0.2) is 4.79 Å². The Kier molecular flexibility index (Phi) is 4.59. The van der Waals surface area contributed by atoms with Crippen LogP contribution in [-0.4, -0.2) is 42.5 Å². The van der Waals surface area contributed by atoms with Crippen molar-refractivity contribution in [1.29, 1.82) is 0 Å². The summed E-state index contributed by atoms with van der Waals surface area (Å²) in [7, 11) is 0. The lowest BCUT2D eigenvalue weighted by Crippen LogP contribution is -2.43. The number of halogens is 3. The monoisotopic (exact) mass is 266 g/mol. The molecule has 1 saturated heterocycles. The highest BCUT2D eigenvalue weighted by Gasteiger charge is 2.37. The van der Waals surface area contributed by atoms with E-state index < -0.39 is 18.8 Å². The molecule has 18 heavy (non-hydrogen) atoms. The fourth-order valence-electron chi connectivity index (χ4n) is 2.20. The van der Waals surface area contributed by atoms with Gasteiger partial charge in [-0.3, -0.25) is 4.79 Å². The Labute approximate surface area is 104 Å². The number of nitrogens with one attached hydrogen (secondary N) is 1. The first-order valence-electron chi connectivity index (χ1n) is 5.84. The maximum atomic E-state index is 12.0. The van der Waals surface area contributed by atoms with E-state index in [1.165, 1.54) is 11.8 Å². The fraction of sp³-hybridized carbons (Fsp3) is 0.818. The Morgan fingerprint density at radius 1 is 1.33 bits per heavy atom. The summed E-state index contributed by atoms with van der Waals surface area (Å²) in [5, 5.41) is 1.82. The van der Waals surface area contributed by atoms with Crippen LogP contribution in [0.15, 0.2) is 0 Å². The van der Waals surface area contributed by atoms with Crippen molar-refractivity contribution in [1.82, 2.24) is 10.2 Å². The number of amides is 2. The molecule has 4 nitrogen and oxygen atoms in total. The third-order valence-electron chi connectivity index (χ3n) is 3.21. The maximum absolute atomic E-state index is 12.0. The van der Waals surface area contributed by atoms with Crippen LogP contribution in [0.1, 0.15) is 20.3 Å². The summed E-state index contributed by atoms with van der Waals surface area (Å²) in [4.78, 5) is 24.2. The van der Waals surface area contributed by atoms with Gasteiger partial charge in [-0.05, 0) is 12.8 Å². The number of urea groups is 1. The molecule has 1 unspecified atom stereocenters. The van der Waals surface area contributed by atoms with E-state index in [4.69, 9.17) is 0 Å². The van der Waals surface area contributed by atoms with Crippen LogP contribution in [0.2, 0.25) is 0 Å². The van der Waals surface area contributed by atoms with Gasteiger partial charge in [0.1, 0.15) is 12.3 Å². The smallest absolute Gasteiger partial charge is 0.329 e. The fourth-order valence-corrected chi connectivity index (χ4v) is 2.20. The van der Waals surface area contributed by atoms with Gasteiger partial charge < -0.3 is 10.2 Å². The number of likely N-dealkylation sites (tertiary alicyclic amines) is 1. The molecule has 1 heterocycles. The molecule has 2 amide bonds. The van der Waals surface area contributed by atoms with Crippen molar-refractivity contribution >= 4 is 11.8 Å². The molecular weight excluding hydrogens is 249 g/mol. The van der Waals surface area contributed by atoms with Crippen molar-refractivity contribution in [2.75, 3.05) is 19.6 Å².